The van der Waals surface area contributed by atoms with Gasteiger partial charge >= 0.3 is 0 Å². The van der Waals surface area contributed by atoms with Gasteiger partial charge in [0.1, 0.15) is 0 Å². The Kier molecular flexibility index (Phi) is 8.43. The molecule has 0 unspecified atom stereocenters. The van der Waals surface area contributed by atoms with Gasteiger partial charge in [-0.3, -0.25) is 4.21 Å². The zero-order chi connectivity index (χ0) is 11.0. The first-order chi connectivity index (χ1) is 6.56. The highest BCUT2D eigenvalue weighted by molar-refractivity contribution is 7.85. The molecule has 0 saturated carbocycles. The molecule has 0 saturated heterocycles. The Morgan fingerprint density at radius 2 is 2.07 bits per heavy atom. The van der Waals surface area contributed by atoms with Crippen LogP contribution in [0.15, 0.2) is 0 Å². The monoisotopic (exact) mass is 222 g/mol. The standard InChI is InChI=1S/C10H22O3S/c1-4-5-6-14(12)8-10(11)7-13-9(2)3/h9-11H,4-8H2,1-3H3/t10-,14+/m1/s1. The zero-order valence-corrected chi connectivity index (χ0v) is 10.2. The van der Waals surface area contributed by atoms with Gasteiger partial charge in [-0.05, 0) is 20.3 Å². The minimum atomic E-state index is -0.895. The van der Waals surface area contributed by atoms with Crippen LogP contribution in [-0.4, -0.2) is 39.6 Å². The van der Waals surface area contributed by atoms with Gasteiger partial charge in [0, 0.05) is 16.6 Å². The van der Waals surface area contributed by atoms with Gasteiger partial charge in [-0.25, -0.2) is 0 Å². The first-order valence-electron chi connectivity index (χ1n) is 5.20. The van der Waals surface area contributed by atoms with Crippen LogP contribution in [0.2, 0.25) is 0 Å². The minimum Gasteiger partial charge on any atom is -0.390 e. The van der Waals surface area contributed by atoms with Crippen molar-refractivity contribution in [3.8, 4) is 0 Å². The lowest BCUT2D eigenvalue weighted by Crippen LogP contribution is -2.25. The number of ether oxygens (including phenoxy) is 1. The van der Waals surface area contributed by atoms with Crippen LogP contribution in [0.5, 0.6) is 0 Å². The van der Waals surface area contributed by atoms with Crippen LogP contribution in [-0.2, 0) is 15.5 Å². The van der Waals surface area contributed by atoms with Crippen LogP contribution in [0.25, 0.3) is 0 Å². The van der Waals surface area contributed by atoms with Crippen molar-refractivity contribution in [2.24, 2.45) is 0 Å². The van der Waals surface area contributed by atoms with Crippen LogP contribution in [0, 0.1) is 0 Å². The van der Waals surface area contributed by atoms with E-state index in [1.165, 1.54) is 0 Å². The molecule has 3 nitrogen and oxygen atoms in total. The third kappa shape index (κ3) is 8.66. The van der Waals surface area contributed by atoms with E-state index in [0.717, 1.165) is 12.8 Å². The second-order valence-electron chi connectivity index (χ2n) is 3.70. The Bertz CT molecular complexity index is 159. The van der Waals surface area contributed by atoms with E-state index < -0.39 is 16.9 Å². The second kappa shape index (κ2) is 8.38. The lowest BCUT2D eigenvalue weighted by molar-refractivity contribution is 0.0149. The maximum Gasteiger partial charge on any atom is 0.0888 e. The van der Waals surface area contributed by atoms with Gasteiger partial charge in [0.2, 0.25) is 0 Å². The van der Waals surface area contributed by atoms with E-state index in [1.54, 1.807) is 0 Å². The lowest BCUT2D eigenvalue weighted by atomic mass is 10.4. The first-order valence-corrected chi connectivity index (χ1v) is 6.69. The topological polar surface area (TPSA) is 46.5 Å². The first kappa shape index (κ1) is 14.1. The highest BCUT2D eigenvalue weighted by atomic mass is 32.2. The van der Waals surface area contributed by atoms with Crippen molar-refractivity contribution in [1.29, 1.82) is 0 Å². The summed E-state index contributed by atoms with van der Waals surface area (Å²) in [5.41, 5.74) is 0. The Morgan fingerprint density at radius 3 is 2.57 bits per heavy atom. The zero-order valence-electron chi connectivity index (χ0n) is 9.36. The fourth-order valence-corrected chi connectivity index (χ4v) is 2.26. The number of rotatable bonds is 8. The molecule has 0 spiro atoms. The number of aliphatic hydroxyl groups excluding tert-OH is 1. The smallest absolute Gasteiger partial charge is 0.0888 e. The van der Waals surface area contributed by atoms with Gasteiger partial charge in [-0.1, -0.05) is 13.3 Å². The van der Waals surface area contributed by atoms with Gasteiger partial charge in [0.25, 0.3) is 0 Å². The second-order valence-corrected chi connectivity index (χ2v) is 5.32. The van der Waals surface area contributed by atoms with E-state index in [2.05, 4.69) is 6.92 Å². The predicted octanol–water partition coefficient (Wildman–Crippen LogP) is 1.32. The molecule has 0 radical (unpaired) electrons. The molecule has 0 aromatic rings. The highest BCUT2D eigenvalue weighted by Gasteiger charge is 2.09. The van der Waals surface area contributed by atoms with Crippen LogP contribution in [0.3, 0.4) is 0 Å². The van der Waals surface area contributed by atoms with Crippen LogP contribution >= 0.6 is 0 Å². The van der Waals surface area contributed by atoms with Gasteiger partial charge in [0.05, 0.1) is 24.6 Å². The summed E-state index contributed by atoms with van der Waals surface area (Å²) in [4.78, 5) is 0. The average molecular weight is 222 g/mol. The number of hydrogen-bond acceptors (Lipinski definition) is 3. The fourth-order valence-electron chi connectivity index (χ4n) is 0.955. The van der Waals surface area contributed by atoms with Gasteiger partial charge in [-0.2, -0.15) is 0 Å². The Hall–Kier alpha value is 0.0700. The Balaban J connectivity index is 3.50. The highest BCUT2D eigenvalue weighted by Crippen LogP contribution is 1.97. The fraction of sp³-hybridized carbons (Fsp3) is 1.00. The van der Waals surface area contributed by atoms with Crippen molar-refractivity contribution >= 4 is 10.8 Å². The summed E-state index contributed by atoms with van der Waals surface area (Å²) >= 11 is 0. The van der Waals surface area contributed by atoms with Crippen molar-refractivity contribution in [3.63, 3.8) is 0 Å². The largest absolute Gasteiger partial charge is 0.390 e. The summed E-state index contributed by atoms with van der Waals surface area (Å²) in [7, 11) is -0.895. The molecule has 0 amide bonds. The maximum absolute atomic E-state index is 11.4. The normalized spacial score (nSPS) is 15.8. The molecule has 2 atom stereocenters. The summed E-state index contributed by atoms with van der Waals surface area (Å²) in [5, 5.41) is 9.45. The molecular formula is C10H22O3S. The molecule has 4 heteroatoms. The molecular weight excluding hydrogens is 200 g/mol. The van der Waals surface area contributed by atoms with E-state index in [1.807, 2.05) is 13.8 Å². The summed E-state index contributed by atoms with van der Waals surface area (Å²) in [5.74, 6) is 1.03. The van der Waals surface area contributed by atoms with Crippen LogP contribution < -0.4 is 0 Å². The number of aliphatic hydroxyl groups is 1. The van der Waals surface area contributed by atoms with Gasteiger partial charge in [-0.15, -0.1) is 0 Å². The molecule has 0 fully saturated rings. The van der Waals surface area contributed by atoms with E-state index in [0.29, 0.717) is 11.5 Å². The molecule has 0 rings (SSSR count). The molecule has 86 valence electrons. The summed E-state index contributed by atoms with van der Waals surface area (Å²) in [6.45, 7) is 6.19. The Labute approximate surface area is 89.3 Å². The number of hydrogen-bond donors (Lipinski definition) is 1. The van der Waals surface area contributed by atoms with Gasteiger partial charge < -0.3 is 9.84 Å². The molecule has 1 N–H and O–H groups in total. The summed E-state index contributed by atoms with van der Waals surface area (Å²) in [6.07, 6.45) is 1.54. The lowest BCUT2D eigenvalue weighted by Gasteiger charge is -2.12. The van der Waals surface area contributed by atoms with E-state index >= 15 is 0 Å². The summed E-state index contributed by atoms with van der Waals surface area (Å²) in [6, 6.07) is 0. The van der Waals surface area contributed by atoms with Gasteiger partial charge in [0.15, 0.2) is 0 Å². The van der Waals surface area contributed by atoms with Crippen molar-refractivity contribution in [2.75, 3.05) is 18.1 Å². The molecule has 0 aromatic heterocycles. The van der Waals surface area contributed by atoms with Crippen molar-refractivity contribution < 1.29 is 14.1 Å². The van der Waals surface area contributed by atoms with Crippen LogP contribution in [0.4, 0.5) is 0 Å². The van der Waals surface area contributed by atoms with Crippen molar-refractivity contribution in [1.82, 2.24) is 0 Å². The third-order valence-electron chi connectivity index (χ3n) is 1.73. The Morgan fingerprint density at radius 1 is 1.43 bits per heavy atom. The quantitative estimate of drug-likeness (QED) is 0.674. The maximum atomic E-state index is 11.4. The third-order valence-corrected chi connectivity index (χ3v) is 3.23. The van der Waals surface area contributed by atoms with E-state index in [4.69, 9.17) is 4.74 Å². The van der Waals surface area contributed by atoms with Crippen LogP contribution in [0.1, 0.15) is 33.6 Å². The predicted molar refractivity (Wildman–Crippen MR) is 59.9 cm³/mol. The average Bonchev–Trinajstić information content (AvgIpc) is 2.11. The molecule has 0 aliphatic rings. The molecule has 0 aromatic carbocycles. The molecule has 0 aliphatic carbocycles. The molecule has 0 aliphatic heterocycles. The van der Waals surface area contributed by atoms with E-state index in [9.17, 15) is 9.32 Å². The van der Waals surface area contributed by atoms with E-state index in [-0.39, 0.29) is 12.7 Å². The SMILES string of the molecule is CCCC[S@](=O)C[C@H](O)COC(C)C. The van der Waals surface area contributed by atoms with Crippen molar-refractivity contribution in [2.45, 2.75) is 45.8 Å². The molecule has 0 heterocycles. The number of unbranched alkanes of at least 4 members (excludes halogenated alkanes) is 1. The van der Waals surface area contributed by atoms with Crippen molar-refractivity contribution in [3.05, 3.63) is 0 Å². The minimum absolute atomic E-state index is 0.119. The molecule has 0 bridgehead atoms. The summed E-state index contributed by atoms with van der Waals surface area (Å²) < 4.78 is 16.6. The molecule has 14 heavy (non-hydrogen) atoms.